The van der Waals surface area contributed by atoms with Gasteiger partial charge in [-0.05, 0) is 29.5 Å². The number of rotatable bonds is 7. The molecule has 4 N–H and O–H groups in total. The first kappa shape index (κ1) is 19.8. The second kappa shape index (κ2) is 7.71. The van der Waals surface area contributed by atoms with Gasteiger partial charge in [-0.2, -0.15) is 0 Å². The van der Waals surface area contributed by atoms with Crippen molar-refractivity contribution in [3.63, 3.8) is 0 Å². The molecule has 0 amide bonds. The van der Waals surface area contributed by atoms with Crippen molar-refractivity contribution in [1.29, 1.82) is 0 Å². The Morgan fingerprint density at radius 2 is 1.97 bits per heavy atom. The predicted molar refractivity (Wildman–Crippen MR) is 115 cm³/mol. The third kappa shape index (κ3) is 3.71. The lowest BCUT2D eigenvalue weighted by molar-refractivity contribution is 0.126. The summed E-state index contributed by atoms with van der Waals surface area (Å²) in [6.07, 6.45) is 0. The summed E-state index contributed by atoms with van der Waals surface area (Å²) in [5, 5.41) is 8.20. The van der Waals surface area contributed by atoms with E-state index in [1.54, 1.807) is 12.1 Å². The van der Waals surface area contributed by atoms with Gasteiger partial charge in [0.25, 0.3) is 14.2 Å². The summed E-state index contributed by atoms with van der Waals surface area (Å²) < 4.78 is 31.6. The van der Waals surface area contributed by atoms with E-state index in [0.717, 1.165) is 22.2 Å². The highest BCUT2D eigenvalue weighted by atomic mass is 32.3. The minimum Gasteiger partial charge on any atom is -0.382 e. The van der Waals surface area contributed by atoms with Crippen molar-refractivity contribution in [2.24, 2.45) is 5.14 Å². The molecule has 3 heterocycles. The topological polar surface area (TPSA) is 126 Å². The Hall–Kier alpha value is -2.53. The van der Waals surface area contributed by atoms with Crippen molar-refractivity contribution >= 4 is 48.2 Å². The van der Waals surface area contributed by atoms with Crippen LogP contribution in [0.25, 0.3) is 21.9 Å². The molecule has 1 unspecified atom stereocenters. The van der Waals surface area contributed by atoms with E-state index < -0.39 is 20.5 Å². The molecule has 4 rings (SSSR count). The molecule has 8 nitrogen and oxygen atoms in total. The number of nitrogen functional groups attached to an aromatic ring is 1. The largest absolute Gasteiger partial charge is 0.382 e. The number of hydrogen-bond acceptors (Lipinski definition) is 6. The van der Waals surface area contributed by atoms with Gasteiger partial charge >= 0.3 is 0 Å². The zero-order valence-electron chi connectivity index (χ0n) is 15.9. The van der Waals surface area contributed by atoms with Gasteiger partial charge in [0.05, 0.1) is 17.6 Å². The average molecular weight is 433 g/mol. The van der Waals surface area contributed by atoms with E-state index in [1.165, 1.54) is 0 Å². The average Bonchev–Trinajstić information content (AvgIpc) is 3.29. The maximum Gasteiger partial charge on any atom is 0.287 e. The van der Waals surface area contributed by atoms with E-state index in [4.69, 9.17) is 20.6 Å². The minimum atomic E-state index is -3.72. The first-order valence-corrected chi connectivity index (χ1v) is 12.1. The molecule has 0 bridgehead atoms. The van der Waals surface area contributed by atoms with Gasteiger partial charge in [-0.25, -0.2) is 23.5 Å². The Morgan fingerprint density at radius 3 is 2.72 bits per heavy atom. The molecule has 0 saturated carbocycles. The Balaban J connectivity index is 1.84. The van der Waals surface area contributed by atoms with E-state index in [-0.39, 0.29) is 4.21 Å². The highest BCUT2D eigenvalue weighted by Crippen LogP contribution is 2.33. The molecule has 1 atom stereocenters. The molecular formula is C19H22N5O3S2+. The van der Waals surface area contributed by atoms with Crippen LogP contribution in [0.3, 0.4) is 0 Å². The van der Waals surface area contributed by atoms with Gasteiger partial charge in [0, 0.05) is 18.1 Å². The van der Waals surface area contributed by atoms with Crippen LogP contribution in [-0.2, 0) is 33.7 Å². The third-order valence-electron chi connectivity index (χ3n) is 4.67. The lowest BCUT2D eigenvalue weighted by Gasteiger charge is -2.09. The Bertz CT molecular complexity index is 1290. The number of pyridine rings is 1. The predicted octanol–water partition coefficient (Wildman–Crippen LogP) is 2.80. The lowest BCUT2D eigenvalue weighted by Crippen LogP contribution is -2.12. The number of nitrogens with two attached hydrogens (primary N) is 2. The Labute approximate surface area is 171 Å². The summed E-state index contributed by atoms with van der Waals surface area (Å²) in [6.45, 7) is 3.36. The molecule has 4 aromatic rings. The van der Waals surface area contributed by atoms with Gasteiger partial charge in [0.1, 0.15) is 29.1 Å². The van der Waals surface area contributed by atoms with E-state index >= 15 is 0 Å². The fourth-order valence-electron chi connectivity index (χ4n) is 3.42. The number of benzene rings is 1. The van der Waals surface area contributed by atoms with Gasteiger partial charge in [-0.1, -0.05) is 18.2 Å². The van der Waals surface area contributed by atoms with Crippen LogP contribution in [-0.4, -0.2) is 29.6 Å². The van der Waals surface area contributed by atoms with Gasteiger partial charge in [0.15, 0.2) is 5.82 Å². The van der Waals surface area contributed by atoms with Crippen molar-refractivity contribution in [3.8, 4) is 0 Å². The van der Waals surface area contributed by atoms with Crippen LogP contribution in [0.1, 0.15) is 12.7 Å². The zero-order chi connectivity index (χ0) is 20.6. The van der Waals surface area contributed by atoms with Crippen molar-refractivity contribution in [1.82, 2.24) is 14.5 Å². The number of anilines is 1. The molecule has 1 aromatic carbocycles. The van der Waals surface area contributed by atoms with Crippen molar-refractivity contribution < 1.29 is 13.2 Å². The number of thiophene rings is 1. The maximum atomic E-state index is 11.9. The highest BCUT2D eigenvalue weighted by molar-refractivity contribution is 7.91. The van der Waals surface area contributed by atoms with Crippen LogP contribution < -0.4 is 10.9 Å². The number of sulfonamides is 1. The number of aromatic nitrogens is 3. The number of para-hydroxylation sites is 1. The maximum absolute atomic E-state index is 11.9. The molecule has 0 fully saturated rings. The number of nitrogens with zero attached hydrogens (tertiary/aromatic N) is 3. The van der Waals surface area contributed by atoms with Crippen LogP contribution in [0.4, 0.5) is 5.82 Å². The first-order valence-electron chi connectivity index (χ1n) is 9.12. The summed E-state index contributed by atoms with van der Waals surface area (Å²) >= 11 is 0. The van der Waals surface area contributed by atoms with Crippen molar-refractivity contribution in [2.45, 2.75) is 30.0 Å². The highest BCUT2D eigenvalue weighted by Gasteiger charge is 2.25. The zero-order valence-corrected chi connectivity index (χ0v) is 17.5. The lowest BCUT2D eigenvalue weighted by atomic mass is 10.2. The van der Waals surface area contributed by atoms with E-state index in [2.05, 4.69) is 9.55 Å². The summed E-state index contributed by atoms with van der Waals surface area (Å²) in [5.41, 5.74) is 8.49. The SMILES string of the molecule is CCOCc1nc2c(N)nc3ccccc3c2n1CC[s+]1cccc1S(N)(=O)=O. The van der Waals surface area contributed by atoms with Gasteiger partial charge in [0.2, 0.25) is 0 Å². The number of hydrogen-bond donors (Lipinski definition) is 2. The monoisotopic (exact) mass is 432 g/mol. The van der Waals surface area contributed by atoms with Crippen LogP contribution in [0.15, 0.2) is 46.0 Å². The molecule has 0 radical (unpaired) electrons. The summed E-state index contributed by atoms with van der Waals surface area (Å²) in [4.78, 5) is 9.16. The summed E-state index contributed by atoms with van der Waals surface area (Å²) in [5.74, 6) is 1.68. The quantitative estimate of drug-likeness (QED) is 0.433. The van der Waals surface area contributed by atoms with Crippen molar-refractivity contribution in [2.75, 3.05) is 12.3 Å². The summed E-state index contributed by atoms with van der Waals surface area (Å²) in [7, 11) is -4.30. The Morgan fingerprint density at radius 1 is 1.17 bits per heavy atom. The van der Waals surface area contributed by atoms with Crippen LogP contribution in [0.5, 0.6) is 0 Å². The van der Waals surface area contributed by atoms with E-state index in [0.29, 0.717) is 36.8 Å². The molecule has 0 aliphatic carbocycles. The smallest absolute Gasteiger partial charge is 0.287 e. The minimum absolute atomic E-state index is 0.263. The number of primary sulfonamides is 1. The van der Waals surface area contributed by atoms with Gasteiger partial charge in [-0.15, -0.1) is 0 Å². The van der Waals surface area contributed by atoms with Crippen LogP contribution in [0, 0.1) is 0 Å². The fourth-order valence-corrected chi connectivity index (χ4v) is 6.67. The molecule has 152 valence electrons. The third-order valence-corrected chi connectivity index (χ3v) is 8.47. The second-order valence-corrected chi connectivity index (χ2v) is 10.3. The fraction of sp³-hybridized carbons (Fsp3) is 0.263. The molecule has 29 heavy (non-hydrogen) atoms. The van der Waals surface area contributed by atoms with Crippen LogP contribution >= 0.6 is 10.5 Å². The molecular weight excluding hydrogens is 410 g/mol. The Kier molecular flexibility index (Phi) is 5.26. The van der Waals surface area contributed by atoms with Crippen molar-refractivity contribution in [3.05, 3.63) is 47.6 Å². The number of ether oxygens (including phenoxy) is 1. The number of imidazole rings is 1. The molecule has 0 aliphatic rings. The molecule has 3 aromatic heterocycles. The summed E-state index contributed by atoms with van der Waals surface area (Å²) in [6, 6.07) is 11.1. The van der Waals surface area contributed by atoms with Gasteiger partial charge < -0.3 is 15.0 Å². The molecule has 0 saturated heterocycles. The normalized spacial score (nSPS) is 12.8. The molecule has 10 heteroatoms. The molecule has 0 spiro atoms. The first-order chi connectivity index (χ1) is 13.9. The van der Waals surface area contributed by atoms with E-state index in [1.807, 2.05) is 36.6 Å². The second-order valence-electron chi connectivity index (χ2n) is 6.52. The van der Waals surface area contributed by atoms with E-state index in [9.17, 15) is 8.42 Å². The standard InChI is InChI=1S/C19H22N5O3S2/c1-2-27-12-15-23-17-18(13-6-3-4-7-14(13)22-19(17)20)24(15)9-11-28-10-5-8-16(28)29(21,25)26/h3-8,10H,2,9,11-12H2,1H3,(H2,20,22)(H2,21,25,26)/q+1. The van der Waals surface area contributed by atoms with Gasteiger partial charge in [-0.3, -0.25) is 0 Å². The number of aryl methyl sites for hydroxylation is 2. The molecule has 0 aliphatic heterocycles. The number of fused-ring (bicyclic) bond motifs is 3. The van der Waals surface area contributed by atoms with Crippen LogP contribution in [0.2, 0.25) is 0 Å².